The molecule has 1 aromatic rings. The zero-order chi connectivity index (χ0) is 19.5. The molecule has 0 unspecified atom stereocenters. The van der Waals surface area contributed by atoms with Crippen molar-refractivity contribution in [2.24, 2.45) is 5.41 Å². The SMILES string of the molecule is C[SiH](C)O[C@](C)(CC(C)(C)C)N1C[C@H](COc2cccc(Cl)c2)OC1=O. The van der Waals surface area contributed by atoms with Gasteiger partial charge in [-0.3, -0.25) is 4.90 Å². The monoisotopic (exact) mass is 399 g/mol. The van der Waals surface area contributed by atoms with Crippen LogP contribution < -0.4 is 4.74 Å². The third kappa shape index (κ3) is 5.89. The molecule has 146 valence electrons. The topological polar surface area (TPSA) is 48.0 Å². The zero-order valence-corrected chi connectivity index (χ0v) is 18.5. The van der Waals surface area contributed by atoms with E-state index in [0.717, 1.165) is 6.42 Å². The van der Waals surface area contributed by atoms with Gasteiger partial charge in [0.1, 0.15) is 18.1 Å². The number of halogens is 1. The standard InChI is InChI=1S/C19H30ClNO4Si/c1-18(2,3)13-19(4,25-26(5)6)21-11-16(24-17(21)22)12-23-15-9-7-8-14(20)10-15/h7-10,16,26H,11-13H2,1-6H3/t16-,19-/m1/s1. The van der Waals surface area contributed by atoms with Crippen LogP contribution in [-0.2, 0) is 9.16 Å². The lowest BCUT2D eigenvalue weighted by Crippen LogP contribution is -2.53. The second kappa shape index (κ2) is 8.19. The van der Waals surface area contributed by atoms with E-state index in [1.54, 1.807) is 17.0 Å². The highest BCUT2D eigenvalue weighted by Crippen LogP contribution is 2.35. The van der Waals surface area contributed by atoms with Gasteiger partial charge in [0, 0.05) is 5.02 Å². The average Bonchev–Trinajstić information content (AvgIpc) is 2.84. The maximum atomic E-state index is 12.5. The van der Waals surface area contributed by atoms with Crippen LogP contribution in [-0.4, -0.2) is 45.0 Å². The summed E-state index contributed by atoms with van der Waals surface area (Å²) in [5, 5.41) is 0.612. The molecule has 5 nitrogen and oxygen atoms in total. The van der Waals surface area contributed by atoms with Crippen LogP contribution in [0.15, 0.2) is 24.3 Å². The normalized spacial score (nSPS) is 20.2. The Morgan fingerprint density at radius 3 is 2.58 bits per heavy atom. The molecule has 1 fully saturated rings. The number of hydrogen-bond acceptors (Lipinski definition) is 4. The summed E-state index contributed by atoms with van der Waals surface area (Å²) >= 11 is 5.97. The van der Waals surface area contributed by atoms with Gasteiger partial charge < -0.3 is 13.9 Å². The first-order chi connectivity index (χ1) is 12.0. The lowest BCUT2D eigenvalue weighted by atomic mass is 9.86. The summed E-state index contributed by atoms with van der Waals surface area (Å²) in [4.78, 5) is 14.2. The molecule has 1 aliphatic rings. The molecule has 0 aromatic heterocycles. The van der Waals surface area contributed by atoms with Gasteiger partial charge in [-0.05, 0) is 50.1 Å². The van der Waals surface area contributed by atoms with E-state index in [1.807, 2.05) is 19.1 Å². The van der Waals surface area contributed by atoms with Crippen molar-refractivity contribution >= 4 is 26.7 Å². The van der Waals surface area contributed by atoms with E-state index in [4.69, 9.17) is 25.5 Å². The Morgan fingerprint density at radius 1 is 1.31 bits per heavy atom. The Morgan fingerprint density at radius 2 is 2.00 bits per heavy atom. The van der Waals surface area contributed by atoms with Crippen molar-refractivity contribution in [1.29, 1.82) is 0 Å². The average molecular weight is 400 g/mol. The number of ether oxygens (including phenoxy) is 2. The molecule has 1 saturated heterocycles. The van der Waals surface area contributed by atoms with Crippen molar-refractivity contribution in [1.82, 2.24) is 4.90 Å². The van der Waals surface area contributed by atoms with Crippen LogP contribution >= 0.6 is 11.6 Å². The summed E-state index contributed by atoms with van der Waals surface area (Å²) in [7, 11) is -1.36. The van der Waals surface area contributed by atoms with E-state index in [9.17, 15) is 4.79 Å². The molecule has 1 aliphatic heterocycles. The van der Waals surface area contributed by atoms with Crippen LogP contribution in [0.2, 0.25) is 18.1 Å². The highest BCUT2D eigenvalue weighted by Gasteiger charge is 2.46. The minimum absolute atomic E-state index is 0.0215. The summed E-state index contributed by atoms with van der Waals surface area (Å²) in [5.74, 6) is 0.662. The van der Waals surface area contributed by atoms with Crippen molar-refractivity contribution in [2.45, 2.75) is 59.0 Å². The van der Waals surface area contributed by atoms with E-state index >= 15 is 0 Å². The van der Waals surface area contributed by atoms with E-state index in [1.165, 1.54) is 0 Å². The lowest BCUT2D eigenvalue weighted by Gasteiger charge is -2.42. The van der Waals surface area contributed by atoms with Gasteiger partial charge in [-0.25, -0.2) is 4.79 Å². The smallest absolute Gasteiger partial charge is 0.412 e. The van der Waals surface area contributed by atoms with Crippen LogP contribution in [0.5, 0.6) is 5.75 Å². The quantitative estimate of drug-likeness (QED) is 0.624. The van der Waals surface area contributed by atoms with Gasteiger partial charge in [-0.2, -0.15) is 0 Å². The molecule has 26 heavy (non-hydrogen) atoms. The van der Waals surface area contributed by atoms with Crippen LogP contribution in [0.1, 0.15) is 34.1 Å². The molecular weight excluding hydrogens is 370 g/mol. The van der Waals surface area contributed by atoms with Gasteiger partial charge in [0.15, 0.2) is 15.1 Å². The maximum absolute atomic E-state index is 12.5. The van der Waals surface area contributed by atoms with Gasteiger partial charge in [0.05, 0.1) is 6.54 Å². The van der Waals surface area contributed by atoms with Gasteiger partial charge >= 0.3 is 6.09 Å². The van der Waals surface area contributed by atoms with Crippen molar-refractivity contribution in [3.05, 3.63) is 29.3 Å². The molecule has 2 atom stereocenters. The summed E-state index contributed by atoms with van der Waals surface area (Å²) in [6.07, 6.45) is 0.0617. The summed E-state index contributed by atoms with van der Waals surface area (Å²) in [6.45, 7) is 13.4. The minimum atomic E-state index is -1.36. The first kappa shape index (κ1) is 21.1. The zero-order valence-electron chi connectivity index (χ0n) is 16.5. The molecule has 0 saturated carbocycles. The third-order valence-corrected chi connectivity index (χ3v) is 5.24. The first-order valence-electron chi connectivity index (χ1n) is 9.03. The number of carbonyl (C=O) groups is 1. The number of benzene rings is 1. The van der Waals surface area contributed by atoms with Crippen LogP contribution in [0.4, 0.5) is 4.79 Å². The summed E-state index contributed by atoms with van der Waals surface area (Å²) in [5.41, 5.74) is -0.645. The second-order valence-corrected chi connectivity index (χ2v) is 11.2. The fourth-order valence-corrected chi connectivity index (χ4v) is 4.84. The highest BCUT2D eigenvalue weighted by atomic mass is 35.5. The van der Waals surface area contributed by atoms with Gasteiger partial charge in [-0.1, -0.05) is 38.4 Å². The van der Waals surface area contributed by atoms with Gasteiger partial charge in [0.2, 0.25) is 0 Å². The summed E-state index contributed by atoms with van der Waals surface area (Å²) < 4.78 is 17.6. The van der Waals surface area contributed by atoms with Crippen LogP contribution in [0.25, 0.3) is 0 Å². The lowest BCUT2D eigenvalue weighted by molar-refractivity contribution is -0.0663. The molecule has 7 heteroatoms. The number of hydrogen-bond donors (Lipinski definition) is 0. The van der Waals surface area contributed by atoms with Crippen molar-refractivity contribution < 1.29 is 18.7 Å². The Hall–Kier alpha value is -1.24. The number of cyclic esters (lactones) is 1. The van der Waals surface area contributed by atoms with Gasteiger partial charge in [0.25, 0.3) is 0 Å². The Labute approximate surface area is 163 Å². The molecule has 1 aromatic carbocycles. The molecular formula is C19H30ClNO4Si. The predicted octanol–water partition coefficient (Wildman–Crippen LogP) is 4.69. The fourth-order valence-electron chi connectivity index (χ4n) is 3.43. The van der Waals surface area contributed by atoms with Crippen molar-refractivity contribution in [3.63, 3.8) is 0 Å². The highest BCUT2D eigenvalue weighted by molar-refractivity contribution is 6.48. The molecule has 1 heterocycles. The second-order valence-electron chi connectivity index (χ2n) is 8.46. The molecule has 0 spiro atoms. The van der Waals surface area contributed by atoms with Crippen molar-refractivity contribution in [3.8, 4) is 5.75 Å². The summed E-state index contributed by atoms with van der Waals surface area (Å²) in [6, 6.07) is 7.19. The van der Waals surface area contributed by atoms with E-state index < -0.39 is 14.8 Å². The number of nitrogens with zero attached hydrogens (tertiary/aromatic N) is 1. The van der Waals surface area contributed by atoms with E-state index in [-0.39, 0.29) is 24.2 Å². The number of carbonyl (C=O) groups excluding carboxylic acids is 1. The molecule has 0 N–H and O–H groups in total. The molecule has 1 amide bonds. The molecule has 0 aliphatic carbocycles. The van der Waals surface area contributed by atoms with Crippen molar-refractivity contribution in [2.75, 3.05) is 13.2 Å². The maximum Gasteiger partial charge on any atom is 0.412 e. The minimum Gasteiger partial charge on any atom is -0.490 e. The Kier molecular flexibility index (Phi) is 6.63. The van der Waals surface area contributed by atoms with Gasteiger partial charge in [-0.15, -0.1) is 0 Å². The largest absolute Gasteiger partial charge is 0.490 e. The van der Waals surface area contributed by atoms with Crippen LogP contribution in [0.3, 0.4) is 0 Å². The molecule has 2 rings (SSSR count). The molecule has 0 radical (unpaired) electrons. The Balaban J connectivity index is 2.05. The number of amides is 1. The van der Waals surface area contributed by atoms with Crippen LogP contribution in [0, 0.1) is 5.41 Å². The number of rotatable bonds is 7. The predicted molar refractivity (Wildman–Crippen MR) is 106 cm³/mol. The molecule has 0 bridgehead atoms. The van der Waals surface area contributed by atoms with E-state index in [0.29, 0.717) is 17.3 Å². The fraction of sp³-hybridized carbons (Fsp3) is 0.632. The first-order valence-corrected chi connectivity index (χ1v) is 12.2. The van der Waals surface area contributed by atoms with E-state index in [2.05, 4.69) is 33.9 Å². The third-order valence-electron chi connectivity index (χ3n) is 4.02. The Bertz CT molecular complexity index is 634.